The van der Waals surface area contributed by atoms with Crippen LogP contribution in [0.25, 0.3) is 6.08 Å². The molecular formula is C45H76N22O9. The van der Waals surface area contributed by atoms with Crippen LogP contribution in [0.2, 0.25) is 0 Å². The van der Waals surface area contributed by atoms with Gasteiger partial charge in [-0.15, -0.1) is 0 Å². The summed E-state index contributed by atoms with van der Waals surface area (Å²) < 4.78 is 5.79. The van der Waals surface area contributed by atoms with E-state index in [4.69, 9.17) is 67.8 Å². The van der Waals surface area contributed by atoms with Gasteiger partial charge in [0.2, 0.25) is 41.4 Å². The number of nitrogens with zero attached hydrogens (tertiary/aromatic N) is 5. The number of carbonyl (C=O) groups is 8. The van der Waals surface area contributed by atoms with Crippen LogP contribution in [0.4, 0.5) is 0 Å². The Kier molecular flexibility index (Phi) is 28.7. The first-order valence-electron chi connectivity index (χ1n) is 24.4. The number of guanidine groups is 5. The lowest BCUT2D eigenvalue weighted by molar-refractivity contribution is -0.135. The zero-order valence-electron chi connectivity index (χ0n) is 42.5. The lowest BCUT2D eigenvalue weighted by atomic mass is 10.0. The van der Waals surface area contributed by atoms with Gasteiger partial charge in [-0.05, 0) is 94.4 Å². The quantitative estimate of drug-likeness (QED) is 0.00977. The second-order valence-corrected chi connectivity index (χ2v) is 17.3. The molecule has 1 aromatic rings. The molecule has 1 aliphatic heterocycles. The van der Waals surface area contributed by atoms with Crippen LogP contribution in [0.3, 0.4) is 0 Å². The van der Waals surface area contributed by atoms with Crippen molar-refractivity contribution in [3.05, 3.63) is 35.4 Å². The fraction of sp³-hybridized carbons (Fsp3) is 0.533. The molecule has 0 radical (unpaired) electrons. The second-order valence-electron chi connectivity index (χ2n) is 17.3. The molecule has 31 nitrogen and oxygen atoms in total. The maximum atomic E-state index is 14.3. The van der Waals surface area contributed by atoms with E-state index in [1.54, 1.807) is 30.3 Å². The summed E-state index contributed by atoms with van der Waals surface area (Å²) in [5.74, 6) is -5.97. The molecule has 420 valence electrons. The average molecular weight is 1070 g/mol. The number of nitrogens with two attached hydrogens (primary N) is 11. The highest BCUT2D eigenvalue weighted by Gasteiger charge is 2.32. The van der Waals surface area contributed by atoms with E-state index in [1.807, 2.05) is 0 Å². The van der Waals surface area contributed by atoms with Crippen molar-refractivity contribution >= 4 is 83.1 Å². The van der Waals surface area contributed by atoms with E-state index in [-0.39, 0.29) is 159 Å². The van der Waals surface area contributed by atoms with Crippen molar-refractivity contribution in [3.63, 3.8) is 0 Å². The van der Waals surface area contributed by atoms with Crippen molar-refractivity contribution in [1.82, 2.24) is 31.9 Å². The van der Waals surface area contributed by atoms with Crippen molar-refractivity contribution in [2.45, 2.75) is 114 Å². The molecule has 5 atom stereocenters. The molecule has 0 unspecified atom stereocenters. The first kappa shape index (κ1) is 63.2. The fourth-order valence-corrected chi connectivity index (χ4v) is 7.14. The van der Waals surface area contributed by atoms with Gasteiger partial charge in [-0.3, -0.25) is 68.6 Å². The summed E-state index contributed by atoms with van der Waals surface area (Å²) in [6.45, 7) is 0.504. The highest BCUT2D eigenvalue weighted by molar-refractivity contribution is 6.15. The summed E-state index contributed by atoms with van der Waals surface area (Å²) in [4.78, 5) is 125. The monoisotopic (exact) mass is 1070 g/mol. The number of benzene rings is 1. The summed E-state index contributed by atoms with van der Waals surface area (Å²) in [5.41, 5.74) is 61.4. The van der Waals surface area contributed by atoms with Gasteiger partial charge in [0.1, 0.15) is 36.0 Å². The third kappa shape index (κ3) is 27.2. The molecule has 8 amide bonds. The van der Waals surface area contributed by atoms with Crippen LogP contribution in [-0.4, -0.2) is 147 Å². The van der Waals surface area contributed by atoms with Gasteiger partial charge in [0.05, 0.1) is 13.0 Å². The molecule has 1 heterocycles. The highest BCUT2D eigenvalue weighted by atomic mass is 16.5. The number of imide groups is 1. The first-order valence-corrected chi connectivity index (χ1v) is 24.4. The summed E-state index contributed by atoms with van der Waals surface area (Å²) in [5, 5.41) is 15.5. The molecule has 28 N–H and O–H groups in total. The van der Waals surface area contributed by atoms with Crippen molar-refractivity contribution < 1.29 is 43.1 Å². The minimum atomic E-state index is -1.38. The zero-order valence-corrected chi connectivity index (χ0v) is 42.5. The zero-order chi connectivity index (χ0) is 56.6. The maximum absolute atomic E-state index is 14.3. The Morgan fingerprint density at radius 1 is 0.500 bits per heavy atom. The number of nitrogens with one attached hydrogen (secondary N) is 6. The highest BCUT2D eigenvalue weighted by Crippen LogP contribution is 2.18. The molecule has 1 saturated heterocycles. The molecule has 0 aromatic heterocycles. The van der Waals surface area contributed by atoms with E-state index in [9.17, 15) is 38.4 Å². The molecule has 0 saturated carbocycles. The van der Waals surface area contributed by atoms with Crippen molar-refractivity contribution in [2.75, 3.05) is 39.3 Å². The number of ether oxygens (including phenoxy) is 1. The van der Waals surface area contributed by atoms with E-state index >= 15 is 0 Å². The normalized spacial score (nSPS) is 14.2. The average Bonchev–Trinajstić information content (AvgIpc) is 3.66. The van der Waals surface area contributed by atoms with Gasteiger partial charge >= 0.3 is 0 Å². The predicted octanol–water partition coefficient (Wildman–Crippen LogP) is -6.55. The Morgan fingerprint density at radius 2 is 0.842 bits per heavy atom. The minimum Gasteiger partial charge on any atom is -0.494 e. The fourth-order valence-electron chi connectivity index (χ4n) is 7.14. The molecule has 0 spiro atoms. The number of amides is 8. The Morgan fingerprint density at radius 3 is 1.17 bits per heavy atom. The standard InChI is InChI=1S/C45H76N22O9/c46-35(70)28(7-1-17-57-41(47)48)63-38(73)30(9-3-19-59-43(51)52)65-40(75)32(11-5-21-61-45(55)56)66-39(74)31(10-4-20-60-44(53)54)64-37(72)29(8-2-18-58-42(49)50)62-33(68)12-6-22-76-27-15-13-25(14-16-27)23-26-24-34(69)67-36(26)71/h13-16,23,28-32H,1-12,17-22,24H2,(H2,46,70)(H,62,68)(H,63,73)(H,64,72)(H,65,75)(H,66,74)(H4,47,48,57)(H4,49,50,58)(H4,51,52,59)(H4,53,54,60)(H4,55,56,61)(H,67,69,71)/b26-23+/t28-,29-,30-,31-,32-/m0/s1. The van der Waals surface area contributed by atoms with Crippen LogP contribution >= 0.6 is 0 Å². The third-order valence-corrected chi connectivity index (χ3v) is 10.9. The molecule has 1 aromatic carbocycles. The molecule has 31 heteroatoms. The molecule has 1 fully saturated rings. The van der Waals surface area contributed by atoms with Gasteiger partial charge in [0.25, 0.3) is 5.91 Å². The van der Waals surface area contributed by atoms with Gasteiger partial charge < -0.3 is 94.4 Å². The Balaban J connectivity index is 2.35. The maximum Gasteiger partial charge on any atom is 0.254 e. The van der Waals surface area contributed by atoms with Gasteiger partial charge in [0, 0.05) is 44.7 Å². The summed E-state index contributed by atoms with van der Waals surface area (Å²) >= 11 is 0. The van der Waals surface area contributed by atoms with Crippen LogP contribution in [0, 0.1) is 0 Å². The van der Waals surface area contributed by atoms with E-state index in [1.165, 1.54) is 0 Å². The Labute approximate surface area is 439 Å². The first-order chi connectivity index (χ1) is 36.0. The number of hydrogen-bond acceptors (Lipinski definition) is 14. The Bertz CT molecular complexity index is 2300. The molecule has 76 heavy (non-hydrogen) atoms. The van der Waals surface area contributed by atoms with Gasteiger partial charge in [-0.1, -0.05) is 12.1 Å². The molecule has 2 rings (SSSR count). The number of hydrogen-bond donors (Lipinski definition) is 17. The van der Waals surface area contributed by atoms with Crippen LogP contribution in [0.1, 0.15) is 89.0 Å². The minimum absolute atomic E-state index is 0.00901. The van der Waals surface area contributed by atoms with Crippen LogP contribution in [-0.2, 0) is 38.4 Å². The van der Waals surface area contributed by atoms with E-state index in [2.05, 4.69) is 56.9 Å². The van der Waals surface area contributed by atoms with E-state index < -0.39 is 71.6 Å². The number of carbonyl (C=O) groups excluding carboxylic acids is 8. The van der Waals surface area contributed by atoms with Crippen LogP contribution in [0.5, 0.6) is 5.75 Å². The summed E-state index contributed by atoms with van der Waals surface area (Å²) in [7, 11) is 0. The SMILES string of the molecule is NC(=O)[C@H](CCCN=C(N)N)NC(=O)[C@H](CCCN=C(N)N)NC(=O)[C@H](CCCN=C(N)N)NC(=O)[C@H](CCCN=C(N)N)NC(=O)[C@H](CCCN=C(N)N)NC(=O)CCCOc1ccc(/C=C2\CC(=O)NC2=O)cc1. The van der Waals surface area contributed by atoms with Crippen LogP contribution in [0.15, 0.2) is 54.8 Å². The lowest BCUT2D eigenvalue weighted by Crippen LogP contribution is -2.59. The van der Waals surface area contributed by atoms with Crippen LogP contribution < -0.4 is 99.7 Å². The van der Waals surface area contributed by atoms with Crippen molar-refractivity contribution in [3.8, 4) is 5.75 Å². The van der Waals surface area contributed by atoms with Gasteiger partial charge in [0.15, 0.2) is 29.8 Å². The lowest BCUT2D eigenvalue weighted by Gasteiger charge is -2.27. The van der Waals surface area contributed by atoms with Gasteiger partial charge in [-0.25, -0.2) is 0 Å². The van der Waals surface area contributed by atoms with Gasteiger partial charge in [-0.2, -0.15) is 0 Å². The summed E-state index contributed by atoms with van der Waals surface area (Å²) in [6.07, 6.45) is 2.60. The van der Waals surface area contributed by atoms with E-state index in [0.717, 1.165) is 0 Å². The number of primary amides is 1. The molecular weight excluding hydrogens is 993 g/mol. The van der Waals surface area contributed by atoms with E-state index in [0.29, 0.717) is 16.9 Å². The third-order valence-electron chi connectivity index (χ3n) is 10.9. The second kappa shape index (κ2) is 34.5. The topological polar surface area (TPSA) is 566 Å². The smallest absolute Gasteiger partial charge is 0.254 e. The van der Waals surface area contributed by atoms with Crippen molar-refractivity contribution in [1.29, 1.82) is 0 Å². The Hall–Kier alpha value is -8.93. The molecule has 0 bridgehead atoms. The molecule has 0 aliphatic carbocycles. The predicted molar refractivity (Wildman–Crippen MR) is 285 cm³/mol. The van der Waals surface area contributed by atoms with Crippen molar-refractivity contribution in [2.24, 2.45) is 88.0 Å². The largest absolute Gasteiger partial charge is 0.494 e. The number of rotatable bonds is 36. The molecule has 1 aliphatic rings. The summed E-state index contributed by atoms with van der Waals surface area (Å²) in [6, 6.07) is 0.316. The number of aliphatic imine (C=N–C) groups is 5.